The lowest BCUT2D eigenvalue weighted by atomic mass is 10.00. The Bertz CT molecular complexity index is 763. The van der Waals surface area contributed by atoms with Gasteiger partial charge in [0.25, 0.3) is 0 Å². The van der Waals surface area contributed by atoms with Crippen LogP contribution in [0.4, 0.5) is 0 Å². The van der Waals surface area contributed by atoms with E-state index in [1.807, 2.05) is 29.2 Å². The molecule has 0 fully saturated rings. The van der Waals surface area contributed by atoms with Gasteiger partial charge in [0, 0.05) is 19.1 Å². The molecule has 5 heteroatoms. The maximum Gasteiger partial charge on any atom is 0.236 e. The standard InChI is InChI=1S/C20H23BrN2O2/c1-14(16-7-8-19(25-2)18(21)11-16)22-12-20(24)23-10-9-15-5-3-4-6-17(15)13-23/h3-8,11,14,22H,9-10,12-13H2,1-2H3. The number of carbonyl (C=O) groups excluding carboxylic acids is 1. The van der Waals surface area contributed by atoms with Crippen LogP contribution in [0.25, 0.3) is 0 Å². The van der Waals surface area contributed by atoms with Crippen LogP contribution in [0.5, 0.6) is 5.75 Å². The van der Waals surface area contributed by atoms with E-state index in [1.54, 1.807) is 7.11 Å². The predicted molar refractivity (Wildman–Crippen MR) is 103 cm³/mol. The third kappa shape index (κ3) is 4.22. The monoisotopic (exact) mass is 402 g/mol. The molecule has 3 rings (SSSR count). The highest BCUT2D eigenvalue weighted by molar-refractivity contribution is 9.10. The van der Waals surface area contributed by atoms with Crippen molar-refractivity contribution in [1.82, 2.24) is 10.2 Å². The Balaban J connectivity index is 1.56. The topological polar surface area (TPSA) is 41.6 Å². The van der Waals surface area contributed by atoms with Gasteiger partial charge >= 0.3 is 0 Å². The minimum atomic E-state index is 0.0863. The highest BCUT2D eigenvalue weighted by atomic mass is 79.9. The van der Waals surface area contributed by atoms with E-state index in [9.17, 15) is 4.79 Å². The molecule has 0 radical (unpaired) electrons. The fraction of sp³-hybridized carbons (Fsp3) is 0.350. The SMILES string of the molecule is COc1ccc(C(C)NCC(=O)N2CCc3ccccc3C2)cc1Br. The maximum absolute atomic E-state index is 12.5. The van der Waals surface area contributed by atoms with Gasteiger partial charge in [0.15, 0.2) is 0 Å². The molecule has 0 bridgehead atoms. The van der Waals surface area contributed by atoms with E-state index in [4.69, 9.17) is 4.74 Å². The molecule has 1 atom stereocenters. The van der Waals surface area contributed by atoms with E-state index in [0.717, 1.165) is 28.8 Å². The van der Waals surface area contributed by atoms with Crippen molar-refractivity contribution in [3.63, 3.8) is 0 Å². The van der Waals surface area contributed by atoms with E-state index in [1.165, 1.54) is 11.1 Å². The summed E-state index contributed by atoms with van der Waals surface area (Å²) >= 11 is 3.51. The lowest BCUT2D eigenvalue weighted by Crippen LogP contribution is -2.41. The lowest BCUT2D eigenvalue weighted by molar-refractivity contribution is -0.131. The maximum atomic E-state index is 12.5. The van der Waals surface area contributed by atoms with E-state index in [2.05, 4.69) is 46.4 Å². The Morgan fingerprint density at radius 3 is 2.76 bits per heavy atom. The van der Waals surface area contributed by atoms with Crippen LogP contribution < -0.4 is 10.1 Å². The van der Waals surface area contributed by atoms with E-state index < -0.39 is 0 Å². The molecule has 1 N–H and O–H groups in total. The van der Waals surface area contributed by atoms with Crippen molar-refractivity contribution in [1.29, 1.82) is 0 Å². The number of amides is 1. The molecule has 4 nitrogen and oxygen atoms in total. The molecule has 1 heterocycles. The number of ether oxygens (including phenoxy) is 1. The summed E-state index contributed by atoms with van der Waals surface area (Å²) in [5.41, 5.74) is 3.73. The van der Waals surface area contributed by atoms with Gasteiger partial charge in [-0.05, 0) is 58.1 Å². The van der Waals surface area contributed by atoms with Gasteiger partial charge in [0.1, 0.15) is 5.75 Å². The Labute approximate surface area is 157 Å². The first-order chi connectivity index (χ1) is 12.1. The van der Waals surface area contributed by atoms with Gasteiger partial charge in [-0.25, -0.2) is 0 Å². The van der Waals surface area contributed by atoms with Crippen molar-refractivity contribution >= 4 is 21.8 Å². The zero-order valence-electron chi connectivity index (χ0n) is 14.6. The van der Waals surface area contributed by atoms with Crippen LogP contribution in [0, 0.1) is 0 Å². The molecule has 0 saturated heterocycles. The Hall–Kier alpha value is -1.85. The van der Waals surface area contributed by atoms with Crippen LogP contribution in [0.15, 0.2) is 46.9 Å². The molecule has 0 aromatic heterocycles. The third-order valence-electron chi connectivity index (χ3n) is 4.72. The second-order valence-corrected chi connectivity index (χ2v) is 7.18. The Morgan fingerprint density at radius 1 is 1.28 bits per heavy atom. The van der Waals surface area contributed by atoms with Crippen LogP contribution in [0.3, 0.4) is 0 Å². The Kier molecular flexibility index (Phi) is 5.76. The predicted octanol–water partition coefficient (Wildman–Crippen LogP) is 3.69. The van der Waals surface area contributed by atoms with Crippen LogP contribution in [0.1, 0.15) is 29.7 Å². The van der Waals surface area contributed by atoms with Gasteiger partial charge in [-0.15, -0.1) is 0 Å². The van der Waals surface area contributed by atoms with Crippen LogP contribution in [-0.4, -0.2) is 31.0 Å². The van der Waals surface area contributed by atoms with Crippen molar-refractivity contribution in [2.45, 2.75) is 25.9 Å². The summed E-state index contributed by atoms with van der Waals surface area (Å²) in [7, 11) is 1.65. The number of hydrogen-bond donors (Lipinski definition) is 1. The number of hydrogen-bond acceptors (Lipinski definition) is 3. The number of halogens is 1. The molecule has 0 aliphatic carbocycles. The van der Waals surface area contributed by atoms with E-state index in [-0.39, 0.29) is 11.9 Å². The van der Waals surface area contributed by atoms with Crippen LogP contribution in [0.2, 0.25) is 0 Å². The average Bonchev–Trinajstić information content (AvgIpc) is 2.65. The van der Waals surface area contributed by atoms with Crippen LogP contribution >= 0.6 is 15.9 Å². The summed E-state index contributed by atoms with van der Waals surface area (Å²) in [6.45, 7) is 3.90. The van der Waals surface area contributed by atoms with Gasteiger partial charge in [-0.2, -0.15) is 0 Å². The average molecular weight is 403 g/mol. The molecule has 1 aliphatic heterocycles. The normalized spacial score (nSPS) is 14.8. The first kappa shape index (κ1) is 18.0. The van der Waals surface area contributed by atoms with E-state index >= 15 is 0 Å². The van der Waals surface area contributed by atoms with Gasteiger partial charge in [-0.3, -0.25) is 4.79 Å². The highest BCUT2D eigenvalue weighted by Crippen LogP contribution is 2.28. The first-order valence-electron chi connectivity index (χ1n) is 8.50. The highest BCUT2D eigenvalue weighted by Gasteiger charge is 2.20. The van der Waals surface area contributed by atoms with Gasteiger partial charge in [0.2, 0.25) is 5.91 Å². The summed E-state index contributed by atoms with van der Waals surface area (Å²) in [6, 6.07) is 14.4. The fourth-order valence-electron chi connectivity index (χ4n) is 3.13. The molecular formula is C20H23BrN2O2. The lowest BCUT2D eigenvalue weighted by Gasteiger charge is -2.29. The summed E-state index contributed by atoms with van der Waals surface area (Å²) in [6.07, 6.45) is 0.933. The quantitative estimate of drug-likeness (QED) is 0.828. The minimum absolute atomic E-state index is 0.0863. The van der Waals surface area contributed by atoms with Crippen molar-refractivity contribution in [2.24, 2.45) is 0 Å². The summed E-state index contributed by atoms with van der Waals surface area (Å²) in [5, 5.41) is 3.33. The second-order valence-electron chi connectivity index (χ2n) is 6.33. The number of fused-ring (bicyclic) bond motifs is 1. The largest absolute Gasteiger partial charge is 0.496 e. The molecule has 25 heavy (non-hydrogen) atoms. The minimum Gasteiger partial charge on any atom is -0.496 e. The number of benzene rings is 2. The molecule has 132 valence electrons. The Morgan fingerprint density at radius 2 is 2.04 bits per heavy atom. The van der Waals surface area contributed by atoms with Gasteiger partial charge in [0.05, 0.1) is 18.1 Å². The molecule has 2 aromatic carbocycles. The third-order valence-corrected chi connectivity index (χ3v) is 5.34. The molecular weight excluding hydrogens is 380 g/mol. The van der Waals surface area contributed by atoms with Crippen molar-refractivity contribution in [2.75, 3.05) is 20.2 Å². The van der Waals surface area contributed by atoms with Crippen LogP contribution in [-0.2, 0) is 17.8 Å². The fourth-order valence-corrected chi connectivity index (χ4v) is 3.69. The van der Waals surface area contributed by atoms with Gasteiger partial charge < -0.3 is 15.0 Å². The van der Waals surface area contributed by atoms with Crippen molar-refractivity contribution < 1.29 is 9.53 Å². The molecule has 1 unspecified atom stereocenters. The summed E-state index contributed by atoms with van der Waals surface area (Å²) < 4.78 is 6.17. The number of nitrogens with zero attached hydrogens (tertiary/aromatic N) is 1. The summed E-state index contributed by atoms with van der Waals surface area (Å²) in [5.74, 6) is 0.952. The smallest absolute Gasteiger partial charge is 0.236 e. The van der Waals surface area contributed by atoms with E-state index in [0.29, 0.717) is 13.1 Å². The second kappa shape index (κ2) is 8.02. The van der Waals surface area contributed by atoms with Crippen molar-refractivity contribution in [3.8, 4) is 5.75 Å². The zero-order valence-corrected chi connectivity index (χ0v) is 16.2. The number of methoxy groups -OCH3 is 1. The zero-order chi connectivity index (χ0) is 17.8. The van der Waals surface area contributed by atoms with Gasteiger partial charge in [-0.1, -0.05) is 30.3 Å². The molecule has 1 aliphatic rings. The molecule has 1 amide bonds. The summed E-state index contributed by atoms with van der Waals surface area (Å²) in [4.78, 5) is 14.5. The number of carbonyl (C=O) groups is 1. The molecule has 0 saturated carbocycles. The molecule has 2 aromatic rings. The van der Waals surface area contributed by atoms with Crippen molar-refractivity contribution in [3.05, 3.63) is 63.6 Å². The number of rotatable bonds is 5. The molecule has 0 spiro atoms. The number of nitrogens with one attached hydrogen (secondary N) is 1. The first-order valence-corrected chi connectivity index (χ1v) is 9.29.